The standard InChI is InChI=1S/C23H21Cl2N3O4/c1-2-31-22(29)14-26-12-15-3-7-18(8-4-15)32-21-10-6-17(13-27-21)28-23(30)16-5-9-19(24)20(25)11-16/h3-11,13,26H,2,12,14H2,1H3,(H,28,30). The molecule has 0 radical (unpaired) electrons. The summed E-state index contributed by atoms with van der Waals surface area (Å²) in [6.45, 7) is 2.83. The number of nitrogens with zero attached hydrogens (tertiary/aromatic N) is 1. The summed E-state index contributed by atoms with van der Waals surface area (Å²) in [6.07, 6.45) is 1.50. The summed E-state index contributed by atoms with van der Waals surface area (Å²) < 4.78 is 10.6. The molecule has 1 aromatic heterocycles. The minimum atomic E-state index is -0.328. The molecule has 0 unspecified atom stereocenters. The predicted octanol–water partition coefficient (Wildman–Crippen LogP) is 5.09. The van der Waals surface area contributed by atoms with Gasteiger partial charge in [-0.05, 0) is 48.9 Å². The second kappa shape index (κ2) is 11.5. The van der Waals surface area contributed by atoms with Gasteiger partial charge < -0.3 is 20.1 Å². The fraction of sp³-hybridized carbons (Fsp3) is 0.174. The van der Waals surface area contributed by atoms with Gasteiger partial charge in [-0.3, -0.25) is 9.59 Å². The van der Waals surface area contributed by atoms with Crippen molar-refractivity contribution in [2.75, 3.05) is 18.5 Å². The summed E-state index contributed by atoms with van der Waals surface area (Å²) in [7, 11) is 0. The van der Waals surface area contributed by atoms with E-state index in [1.165, 1.54) is 12.3 Å². The minimum Gasteiger partial charge on any atom is -0.465 e. The number of carbonyl (C=O) groups is 2. The number of carbonyl (C=O) groups excluding carboxylic acids is 2. The monoisotopic (exact) mass is 473 g/mol. The van der Waals surface area contributed by atoms with Crippen molar-refractivity contribution >= 4 is 40.8 Å². The van der Waals surface area contributed by atoms with Gasteiger partial charge in [0, 0.05) is 18.2 Å². The first-order valence-corrected chi connectivity index (χ1v) is 10.6. The van der Waals surface area contributed by atoms with Gasteiger partial charge in [0.25, 0.3) is 5.91 Å². The molecule has 0 aliphatic heterocycles. The molecule has 2 aromatic carbocycles. The molecule has 1 amide bonds. The number of hydrogen-bond acceptors (Lipinski definition) is 6. The highest BCUT2D eigenvalue weighted by molar-refractivity contribution is 6.42. The molecule has 0 fully saturated rings. The lowest BCUT2D eigenvalue weighted by Crippen LogP contribution is -2.24. The molecule has 3 rings (SSSR count). The summed E-state index contributed by atoms with van der Waals surface area (Å²) in [6, 6.07) is 15.4. The number of esters is 1. The number of benzene rings is 2. The Balaban J connectivity index is 1.51. The molecule has 0 saturated heterocycles. The van der Waals surface area contributed by atoms with Crippen LogP contribution in [-0.2, 0) is 16.1 Å². The quantitative estimate of drug-likeness (QED) is 0.420. The van der Waals surface area contributed by atoms with Crippen molar-refractivity contribution in [3.05, 3.63) is 82.0 Å². The molecule has 0 bridgehead atoms. The summed E-state index contributed by atoms with van der Waals surface area (Å²) in [5.41, 5.74) is 1.89. The first-order valence-electron chi connectivity index (χ1n) is 9.80. The molecule has 0 spiro atoms. The zero-order valence-corrected chi connectivity index (χ0v) is 18.7. The second-order valence-electron chi connectivity index (χ2n) is 6.62. The molecule has 0 aliphatic rings. The number of anilines is 1. The Morgan fingerprint density at radius 3 is 2.44 bits per heavy atom. The van der Waals surface area contributed by atoms with Crippen molar-refractivity contribution < 1.29 is 19.1 Å². The molecular formula is C23H21Cl2N3O4. The number of nitrogens with one attached hydrogen (secondary N) is 2. The zero-order chi connectivity index (χ0) is 22.9. The third-order valence-corrected chi connectivity index (χ3v) is 4.96. The average Bonchev–Trinajstić information content (AvgIpc) is 2.78. The molecule has 1 heterocycles. The molecule has 2 N–H and O–H groups in total. The van der Waals surface area contributed by atoms with Crippen molar-refractivity contribution in [3.63, 3.8) is 0 Å². The largest absolute Gasteiger partial charge is 0.465 e. The molecule has 9 heteroatoms. The van der Waals surface area contributed by atoms with Gasteiger partial charge in [-0.15, -0.1) is 0 Å². The second-order valence-corrected chi connectivity index (χ2v) is 7.44. The van der Waals surface area contributed by atoms with Gasteiger partial charge >= 0.3 is 5.97 Å². The van der Waals surface area contributed by atoms with Gasteiger partial charge in [0.1, 0.15) is 5.75 Å². The highest BCUT2D eigenvalue weighted by atomic mass is 35.5. The van der Waals surface area contributed by atoms with Gasteiger partial charge in [-0.25, -0.2) is 4.98 Å². The number of halogens is 2. The van der Waals surface area contributed by atoms with E-state index in [0.717, 1.165) is 5.56 Å². The van der Waals surface area contributed by atoms with Crippen LogP contribution in [0.5, 0.6) is 11.6 Å². The molecule has 166 valence electrons. The van der Waals surface area contributed by atoms with E-state index in [4.69, 9.17) is 32.7 Å². The van der Waals surface area contributed by atoms with E-state index in [2.05, 4.69) is 15.6 Å². The Morgan fingerprint density at radius 1 is 1.00 bits per heavy atom. The molecular weight excluding hydrogens is 453 g/mol. The lowest BCUT2D eigenvalue weighted by molar-refractivity contribution is -0.142. The number of pyridine rings is 1. The number of ether oxygens (including phenoxy) is 2. The third-order valence-electron chi connectivity index (χ3n) is 4.23. The summed E-state index contributed by atoms with van der Waals surface area (Å²) in [4.78, 5) is 27.9. The topological polar surface area (TPSA) is 89.5 Å². The number of hydrogen-bond donors (Lipinski definition) is 2. The Kier molecular flexibility index (Phi) is 8.44. The first-order chi connectivity index (χ1) is 15.4. The van der Waals surface area contributed by atoms with Crippen LogP contribution in [0.1, 0.15) is 22.8 Å². The number of amides is 1. The van der Waals surface area contributed by atoms with E-state index in [9.17, 15) is 9.59 Å². The van der Waals surface area contributed by atoms with E-state index in [1.54, 1.807) is 31.2 Å². The maximum atomic E-state index is 12.3. The number of rotatable bonds is 9. The third kappa shape index (κ3) is 6.95. The molecule has 0 saturated carbocycles. The van der Waals surface area contributed by atoms with Crippen LogP contribution in [0.25, 0.3) is 0 Å². The maximum absolute atomic E-state index is 12.3. The van der Waals surface area contributed by atoms with E-state index in [0.29, 0.717) is 46.1 Å². The lowest BCUT2D eigenvalue weighted by Gasteiger charge is -2.09. The fourth-order valence-electron chi connectivity index (χ4n) is 2.67. The Morgan fingerprint density at radius 2 is 1.78 bits per heavy atom. The predicted molar refractivity (Wildman–Crippen MR) is 124 cm³/mol. The highest BCUT2D eigenvalue weighted by Crippen LogP contribution is 2.24. The van der Waals surface area contributed by atoms with E-state index >= 15 is 0 Å². The van der Waals surface area contributed by atoms with Gasteiger partial charge in [0.05, 0.1) is 35.1 Å². The lowest BCUT2D eigenvalue weighted by atomic mass is 10.2. The normalized spacial score (nSPS) is 10.5. The smallest absolute Gasteiger partial charge is 0.319 e. The van der Waals surface area contributed by atoms with Crippen LogP contribution in [-0.4, -0.2) is 30.0 Å². The molecule has 32 heavy (non-hydrogen) atoms. The first kappa shape index (κ1) is 23.5. The zero-order valence-electron chi connectivity index (χ0n) is 17.2. The van der Waals surface area contributed by atoms with Gasteiger partial charge in [0.15, 0.2) is 0 Å². The summed E-state index contributed by atoms with van der Waals surface area (Å²) >= 11 is 11.8. The summed E-state index contributed by atoms with van der Waals surface area (Å²) in [5.74, 6) is 0.381. The van der Waals surface area contributed by atoms with Crippen molar-refractivity contribution in [2.24, 2.45) is 0 Å². The van der Waals surface area contributed by atoms with E-state index < -0.39 is 0 Å². The molecule has 3 aromatic rings. The highest BCUT2D eigenvalue weighted by Gasteiger charge is 2.09. The van der Waals surface area contributed by atoms with Crippen molar-refractivity contribution in [1.29, 1.82) is 0 Å². The van der Waals surface area contributed by atoms with Crippen molar-refractivity contribution in [1.82, 2.24) is 10.3 Å². The Bertz CT molecular complexity index is 1070. The van der Waals surface area contributed by atoms with Crippen LogP contribution in [0.15, 0.2) is 60.8 Å². The van der Waals surface area contributed by atoms with Crippen LogP contribution >= 0.6 is 23.2 Å². The van der Waals surface area contributed by atoms with E-state index in [1.807, 2.05) is 24.3 Å². The number of aromatic nitrogens is 1. The molecule has 0 aliphatic carbocycles. The van der Waals surface area contributed by atoms with Crippen LogP contribution in [0.3, 0.4) is 0 Å². The van der Waals surface area contributed by atoms with Crippen LogP contribution in [0.4, 0.5) is 5.69 Å². The molecule has 0 atom stereocenters. The minimum absolute atomic E-state index is 0.157. The van der Waals surface area contributed by atoms with Crippen LogP contribution < -0.4 is 15.4 Å². The van der Waals surface area contributed by atoms with Crippen LogP contribution in [0, 0.1) is 0 Å². The molecule has 7 nitrogen and oxygen atoms in total. The van der Waals surface area contributed by atoms with Gasteiger partial charge in [-0.2, -0.15) is 0 Å². The fourth-order valence-corrected chi connectivity index (χ4v) is 2.97. The SMILES string of the molecule is CCOC(=O)CNCc1ccc(Oc2ccc(NC(=O)c3ccc(Cl)c(Cl)c3)cn2)cc1. The Hall–Kier alpha value is -3.13. The van der Waals surface area contributed by atoms with Crippen LogP contribution in [0.2, 0.25) is 10.0 Å². The van der Waals surface area contributed by atoms with Gasteiger partial charge in [0.2, 0.25) is 5.88 Å². The van der Waals surface area contributed by atoms with E-state index in [-0.39, 0.29) is 18.4 Å². The Labute approximate surface area is 195 Å². The maximum Gasteiger partial charge on any atom is 0.319 e. The van der Waals surface area contributed by atoms with Gasteiger partial charge in [-0.1, -0.05) is 35.3 Å². The van der Waals surface area contributed by atoms with Crippen molar-refractivity contribution in [2.45, 2.75) is 13.5 Å². The van der Waals surface area contributed by atoms with Crippen molar-refractivity contribution in [3.8, 4) is 11.6 Å². The summed E-state index contributed by atoms with van der Waals surface area (Å²) in [5, 5.41) is 6.45. The average molecular weight is 474 g/mol.